The van der Waals surface area contributed by atoms with Crippen molar-refractivity contribution in [3.63, 3.8) is 0 Å². The molecule has 0 fully saturated rings. The molecule has 0 bridgehead atoms. The Morgan fingerprint density at radius 2 is 1.63 bits per heavy atom. The number of carbonyl (C=O) groups is 1. The second-order valence-electron chi connectivity index (χ2n) is 6.69. The highest BCUT2D eigenvalue weighted by atomic mass is 19.4. The molecular weight excluding hydrogens is 351 g/mol. The molecule has 0 radical (unpaired) electrons. The van der Waals surface area contributed by atoms with E-state index in [0.717, 1.165) is 43.8 Å². The van der Waals surface area contributed by atoms with E-state index < -0.39 is 17.5 Å². The summed E-state index contributed by atoms with van der Waals surface area (Å²) in [5.74, 6) is -0.591. The Morgan fingerprint density at radius 1 is 0.926 bits per heavy atom. The quantitative estimate of drug-likeness (QED) is 0.343. The molecular formula is C22H22F3NO. The van der Waals surface area contributed by atoms with Gasteiger partial charge in [-0.25, -0.2) is 0 Å². The summed E-state index contributed by atoms with van der Waals surface area (Å²) >= 11 is 0. The topological polar surface area (TPSA) is 22.0 Å². The number of carbonyl (C=O) groups excluding carboxylic acids is 1. The van der Waals surface area contributed by atoms with Crippen molar-refractivity contribution in [1.29, 1.82) is 0 Å². The zero-order chi connectivity index (χ0) is 19.4. The van der Waals surface area contributed by atoms with Gasteiger partial charge >= 0.3 is 6.18 Å². The van der Waals surface area contributed by atoms with Gasteiger partial charge in [0.25, 0.3) is 0 Å². The van der Waals surface area contributed by atoms with Crippen LogP contribution in [0.4, 0.5) is 13.2 Å². The highest BCUT2D eigenvalue weighted by molar-refractivity contribution is 6.17. The minimum atomic E-state index is -4.56. The van der Waals surface area contributed by atoms with Gasteiger partial charge in [0.05, 0.1) is 5.56 Å². The van der Waals surface area contributed by atoms with E-state index in [1.165, 1.54) is 18.2 Å². The normalized spacial score (nSPS) is 11.9. The summed E-state index contributed by atoms with van der Waals surface area (Å²) in [6.45, 7) is 2.88. The molecule has 2 nitrogen and oxygen atoms in total. The molecule has 0 spiro atoms. The fraction of sp³-hybridized carbons (Fsp3) is 0.318. The van der Waals surface area contributed by atoms with E-state index in [-0.39, 0.29) is 5.56 Å². The minimum absolute atomic E-state index is 0.307. The lowest BCUT2D eigenvalue weighted by Gasteiger charge is -2.11. The smallest absolute Gasteiger partial charge is 0.347 e. The van der Waals surface area contributed by atoms with Crippen LogP contribution >= 0.6 is 0 Å². The molecule has 0 unspecified atom stereocenters. The standard InChI is InChI=1S/C22H22F3NO/c1-2-3-4-9-14-26-15-18(16-10-6-8-13-20(16)26)21(27)17-11-5-7-12-19(17)22(23,24)25/h5-8,10-13,15H,2-4,9,14H2,1H3. The molecule has 0 saturated heterocycles. The van der Waals surface area contributed by atoms with Gasteiger partial charge in [-0.1, -0.05) is 62.6 Å². The first-order valence-electron chi connectivity index (χ1n) is 9.22. The Kier molecular flexibility index (Phi) is 5.68. The molecule has 142 valence electrons. The molecule has 27 heavy (non-hydrogen) atoms. The van der Waals surface area contributed by atoms with Crippen molar-refractivity contribution < 1.29 is 18.0 Å². The lowest BCUT2D eigenvalue weighted by atomic mass is 9.98. The van der Waals surface area contributed by atoms with Crippen LogP contribution in [0.25, 0.3) is 10.9 Å². The van der Waals surface area contributed by atoms with Gasteiger partial charge in [0.1, 0.15) is 0 Å². The Labute approximate surface area is 156 Å². The Morgan fingerprint density at radius 3 is 2.37 bits per heavy atom. The maximum atomic E-state index is 13.3. The molecule has 5 heteroatoms. The number of ketones is 1. The molecule has 0 saturated carbocycles. The third-order valence-electron chi connectivity index (χ3n) is 4.76. The number of unbranched alkanes of at least 4 members (excludes halogenated alkanes) is 3. The number of rotatable bonds is 7. The summed E-state index contributed by atoms with van der Waals surface area (Å²) in [5, 5.41) is 0.690. The Hall–Kier alpha value is -2.56. The average molecular weight is 373 g/mol. The van der Waals surface area contributed by atoms with Crippen molar-refractivity contribution in [3.8, 4) is 0 Å². The summed E-state index contributed by atoms with van der Waals surface area (Å²) in [4.78, 5) is 13.0. The summed E-state index contributed by atoms with van der Waals surface area (Å²) in [6.07, 6.45) is 1.47. The number of nitrogens with zero attached hydrogens (tertiary/aromatic N) is 1. The largest absolute Gasteiger partial charge is 0.417 e. The van der Waals surface area contributed by atoms with Crippen molar-refractivity contribution in [2.24, 2.45) is 0 Å². The predicted octanol–water partition coefficient (Wildman–Crippen LogP) is 6.47. The van der Waals surface area contributed by atoms with Crippen LogP contribution < -0.4 is 0 Å². The molecule has 3 aromatic rings. The molecule has 3 rings (SSSR count). The van der Waals surface area contributed by atoms with Crippen LogP contribution in [0.2, 0.25) is 0 Å². The van der Waals surface area contributed by atoms with Crippen LogP contribution in [0.15, 0.2) is 54.7 Å². The summed E-state index contributed by atoms with van der Waals surface area (Å²) in [5.41, 5.74) is -0.00621. The van der Waals surface area contributed by atoms with Gasteiger partial charge in [0, 0.05) is 34.8 Å². The average Bonchev–Trinajstić information content (AvgIpc) is 3.03. The van der Waals surface area contributed by atoms with Gasteiger partial charge in [-0.2, -0.15) is 13.2 Å². The fourth-order valence-corrected chi connectivity index (χ4v) is 3.40. The van der Waals surface area contributed by atoms with E-state index in [4.69, 9.17) is 0 Å². The van der Waals surface area contributed by atoms with Gasteiger partial charge < -0.3 is 4.57 Å². The zero-order valence-corrected chi connectivity index (χ0v) is 15.2. The van der Waals surface area contributed by atoms with Gasteiger partial charge in [-0.05, 0) is 18.6 Å². The lowest BCUT2D eigenvalue weighted by molar-refractivity contribution is -0.137. The first kappa shape index (κ1) is 19.2. The van der Waals surface area contributed by atoms with Crippen molar-refractivity contribution in [3.05, 3.63) is 71.4 Å². The van der Waals surface area contributed by atoms with Crippen molar-refractivity contribution >= 4 is 16.7 Å². The highest BCUT2D eigenvalue weighted by Crippen LogP contribution is 2.34. The third-order valence-corrected chi connectivity index (χ3v) is 4.76. The fourth-order valence-electron chi connectivity index (χ4n) is 3.40. The first-order valence-corrected chi connectivity index (χ1v) is 9.22. The molecule has 0 N–H and O–H groups in total. The van der Waals surface area contributed by atoms with Crippen LogP contribution in [-0.4, -0.2) is 10.4 Å². The van der Waals surface area contributed by atoms with Crippen LogP contribution in [0, 0.1) is 0 Å². The maximum absolute atomic E-state index is 13.3. The number of alkyl halides is 3. The molecule has 2 aromatic carbocycles. The number of para-hydroxylation sites is 1. The molecule has 0 aliphatic heterocycles. The van der Waals surface area contributed by atoms with Crippen LogP contribution in [0.5, 0.6) is 0 Å². The number of halogens is 3. The van der Waals surface area contributed by atoms with E-state index in [1.807, 2.05) is 16.7 Å². The Bertz CT molecular complexity index is 940. The monoisotopic (exact) mass is 373 g/mol. The SMILES string of the molecule is CCCCCCn1cc(C(=O)c2ccccc2C(F)(F)F)c2ccccc21. The molecule has 0 aliphatic carbocycles. The van der Waals surface area contributed by atoms with Gasteiger partial charge in [0.15, 0.2) is 5.78 Å². The Balaban J connectivity index is 2.01. The molecule has 1 aromatic heterocycles. The molecule has 1 heterocycles. The van der Waals surface area contributed by atoms with Crippen LogP contribution in [0.1, 0.15) is 54.1 Å². The van der Waals surface area contributed by atoms with Gasteiger partial charge in [-0.15, -0.1) is 0 Å². The first-order chi connectivity index (χ1) is 12.9. The van der Waals surface area contributed by atoms with Crippen molar-refractivity contribution in [2.75, 3.05) is 0 Å². The number of hydrogen-bond acceptors (Lipinski definition) is 1. The number of aromatic nitrogens is 1. The highest BCUT2D eigenvalue weighted by Gasteiger charge is 2.35. The van der Waals surface area contributed by atoms with Crippen LogP contribution in [-0.2, 0) is 12.7 Å². The summed E-state index contributed by atoms with van der Waals surface area (Å²) in [6, 6.07) is 12.3. The number of hydrogen-bond donors (Lipinski definition) is 0. The number of fused-ring (bicyclic) bond motifs is 1. The van der Waals surface area contributed by atoms with E-state index in [2.05, 4.69) is 6.92 Å². The van der Waals surface area contributed by atoms with E-state index in [9.17, 15) is 18.0 Å². The lowest BCUT2D eigenvalue weighted by Crippen LogP contribution is -2.13. The predicted molar refractivity (Wildman–Crippen MR) is 101 cm³/mol. The molecule has 0 atom stereocenters. The molecule has 0 amide bonds. The van der Waals surface area contributed by atoms with Crippen LogP contribution in [0.3, 0.4) is 0 Å². The zero-order valence-electron chi connectivity index (χ0n) is 15.2. The molecule has 0 aliphatic rings. The van der Waals surface area contributed by atoms with Crippen molar-refractivity contribution in [1.82, 2.24) is 4.57 Å². The van der Waals surface area contributed by atoms with Gasteiger partial charge in [-0.3, -0.25) is 4.79 Å². The minimum Gasteiger partial charge on any atom is -0.347 e. The van der Waals surface area contributed by atoms with E-state index >= 15 is 0 Å². The summed E-state index contributed by atoms with van der Waals surface area (Å²) < 4.78 is 42.0. The van der Waals surface area contributed by atoms with Gasteiger partial charge in [0.2, 0.25) is 0 Å². The maximum Gasteiger partial charge on any atom is 0.417 e. The van der Waals surface area contributed by atoms with E-state index in [1.54, 1.807) is 18.3 Å². The number of aryl methyl sites for hydroxylation is 1. The second-order valence-corrected chi connectivity index (χ2v) is 6.69. The van der Waals surface area contributed by atoms with Crippen molar-refractivity contribution in [2.45, 2.75) is 45.3 Å². The number of benzene rings is 2. The third kappa shape index (κ3) is 4.07. The summed E-state index contributed by atoms with van der Waals surface area (Å²) in [7, 11) is 0. The second kappa shape index (κ2) is 7.99. The van der Waals surface area contributed by atoms with E-state index in [0.29, 0.717) is 10.9 Å².